The van der Waals surface area contributed by atoms with Crippen molar-refractivity contribution in [1.82, 2.24) is 0 Å². The summed E-state index contributed by atoms with van der Waals surface area (Å²) in [5.74, 6) is 0.881. The highest BCUT2D eigenvalue weighted by molar-refractivity contribution is 5.51. The van der Waals surface area contributed by atoms with E-state index >= 15 is 0 Å². The van der Waals surface area contributed by atoms with Crippen LogP contribution in [-0.2, 0) is 5.41 Å². The Morgan fingerprint density at radius 3 is 2.64 bits per heavy atom. The van der Waals surface area contributed by atoms with Gasteiger partial charge in [-0.25, -0.2) is 0 Å². The van der Waals surface area contributed by atoms with Crippen molar-refractivity contribution in [3.8, 4) is 11.8 Å². The van der Waals surface area contributed by atoms with Crippen LogP contribution < -0.4 is 4.74 Å². The van der Waals surface area contributed by atoms with Crippen LogP contribution in [0, 0.1) is 18.3 Å². The molecule has 2 nitrogen and oxygen atoms in total. The van der Waals surface area contributed by atoms with Crippen LogP contribution in [0.3, 0.4) is 0 Å². The molecule has 1 aliphatic rings. The van der Waals surface area contributed by atoms with Gasteiger partial charge in [0.25, 0.3) is 0 Å². The van der Waals surface area contributed by atoms with E-state index < -0.39 is 0 Å². The van der Waals surface area contributed by atoms with Crippen LogP contribution in [0.5, 0.6) is 5.75 Å². The summed E-state index contributed by atoms with van der Waals surface area (Å²) >= 11 is 0. The number of hydrogen-bond acceptors (Lipinski definition) is 2. The van der Waals surface area contributed by atoms with Gasteiger partial charge >= 0.3 is 0 Å². The van der Waals surface area contributed by atoms with Crippen molar-refractivity contribution in [3.63, 3.8) is 0 Å². The topological polar surface area (TPSA) is 33.0 Å². The number of methoxy groups -OCH3 is 1. The summed E-state index contributed by atoms with van der Waals surface area (Å²) in [4.78, 5) is 0. The normalized spacial score (nSPS) is 17.2. The molecule has 0 unspecified atom stereocenters. The molecular weight excluding hydrogens is 174 g/mol. The van der Waals surface area contributed by atoms with Gasteiger partial charge in [-0.2, -0.15) is 5.26 Å². The lowest BCUT2D eigenvalue weighted by Gasteiger charge is -2.13. The van der Waals surface area contributed by atoms with Gasteiger partial charge in [0.1, 0.15) is 5.75 Å². The summed E-state index contributed by atoms with van der Waals surface area (Å²) in [6, 6.07) is 8.39. The lowest BCUT2D eigenvalue weighted by Crippen LogP contribution is -2.06. The predicted octanol–water partition coefficient (Wildman–Crippen LogP) is 2.56. The Bertz CT molecular complexity index is 399. The number of nitriles is 1. The van der Waals surface area contributed by atoms with Gasteiger partial charge in [-0.15, -0.1) is 0 Å². The Morgan fingerprint density at radius 1 is 1.43 bits per heavy atom. The van der Waals surface area contributed by atoms with Crippen molar-refractivity contribution < 1.29 is 4.74 Å². The third-order valence-corrected chi connectivity index (χ3v) is 2.90. The van der Waals surface area contributed by atoms with Gasteiger partial charge in [-0.1, -0.05) is 18.2 Å². The molecule has 0 atom stereocenters. The highest BCUT2D eigenvalue weighted by atomic mass is 16.5. The molecule has 1 aromatic carbocycles. The molecule has 1 saturated carbocycles. The van der Waals surface area contributed by atoms with Crippen molar-refractivity contribution in [2.75, 3.05) is 7.11 Å². The van der Waals surface area contributed by atoms with Crippen LogP contribution in [0.25, 0.3) is 0 Å². The Kier molecular flexibility index (Phi) is 1.96. The highest BCUT2D eigenvalue weighted by Gasteiger charge is 2.46. The minimum absolute atomic E-state index is 0.253. The molecular formula is C12H13NO. The van der Waals surface area contributed by atoms with E-state index in [1.165, 1.54) is 0 Å². The molecule has 0 aliphatic heterocycles. The van der Waals surface area contributed by atoms with Gasteiger partial charge in [0.15, 0.2) is 0 Å². The van der Waals surface area contributed by atoms with Gasteiger partial charge in [0.2, 0.25) is 0 Å². The summed E-state index contributed by atoms with van der Waals surface area (Å²) in [6.45, 7) is 2.01. The largest absolute Gasteiger partial charge is 0.496 e. The molecule has 1 fully saturated rings. The van der Waals surface area contributed by atoms with Crippen molar-refractivity contribution in [3.05, 3.63) is 29.3 Å². The van der Waals surface area contributed by atoms with E-state index in [0.29, 0.717) is 0 Å². The first-order chi connectivity index (χ1) is 6.73. The number of nitrogens with zero attached hydrogens (tertiary/aromatic N) is 1. The number of ether oxygens (including phenoxy) is 1. The minimum Gasteiger partial charge on any atom is -0.496 e. The quantitative estimate of drug-likeness (QED) is 0.712. The maximum atomic E-state index is 9.12. The molecule has 0 N–H and O–H groups in total. The number of rotatable bonds is 2. The maximum absolute atomic E-state index is 9.12. The lowest BCUT2D eigenvalue weighted by molar-refractivity contribution is 0.404. The first-order valence-corrected chi connectivity index (χ1v) is 4.79. The molecule has 0 aromatic heterocycles. The van der Waals surface area contributed by atoms with Gasteiger partial charge < -0.3 is 4.74 Å². The third kappa shape index (κ3) is 1.17. The molecule has 0 saturated heterocycles. The number of para-hydroxylation sites is 1. The van der Waals surface area contributed by atoms with Crippen LogP contribution >= 0.6 is 0 Å². The van der Waals surface area contributed by atoms with Crippen LogP contribution in [0.15, 0.2) is 18.2 Å². The Hall–Kier alpha value is -1.49. The van der Waals surface area contributed by atoms with E-state index in [1.54, 1.807) is 7.11 Å². The van der Waals surface area contributed by atoms with Crippen molar-refractivity contribution in [2.24, 2.45) is 0 Å². The molecule has 1 aliphatic carbocycles. The average Bonchev–Trinajstić information content (AvgIpc) is 2.98. The molecule has 0 amide bonds. The van der Waals surface area contributed by atoms with Gasteiger partial charge in [0.05, 0.1) is 18.6 Å². The van der Waals surface area contributed by atoms with E-state index in [0.717, 1.165) is 29.7 Å². The molecule has 0 spiro atoms. The van der Waals surface area contributed by atoms with Crippen molar-refractivity contribution >= 4 is 0 Å². The van der Waals surface area contributed by atoms with E-state index in [4.69, 9.17) is 10.00 Å². The van der Waals surface area contributed by atoms with Crippen LogP contribution in [0.4, 0.5) is 0 Å². The Labute approximate surface area is 84.1 Å². The molecule has 0 heterocycles. The Morgan fingerprint density at radius 2 is 2.14 bits per heavy atom. The number of aryl methyl sites for hydroxylation is 1. The minimum atomic E-state index is -0.253. The van der Waals surface area contributed by atoms with Gasteiger partial charge in [-0.3, -0.25) is 0 Å². The third-order valence-electron chi connectivity index (χ3n) is 2.90. The van der Waals surface area contributed by atoms with Gasteiger partial charge in [0, 0.05) is 5.56 Å². The molecule has 2 heteroatoms. The first kappa shape index (κ1) is 9.08. The van der Waals surface area contributed by atoms with Gasteiger partial charge in [-0.05, 0) is 25.3 Å². The van der Waals surface area contributed by atoms with Crippen LogP contribution in [0.1, 0.15) is 24.0 Å². The average molecular weight is 187 g/mol. The molecule has 0 bridgehead atoms. The van der Waals surface area contributed by atoms with E-state index in [-0.39, 0.29) is 5.41 Å². The highest BCUT2D eigenvalue weighted by Crippen LogP contribution is 2.51. The molecule has 2 rings (SSSR count). The van der Waals surface area contributed by atoms with E-state index in [9.17, 15) is 0 Å². The fourth-order valence-electron chi connectivity index (χ4n) is 1.87. The smallest absolute Gasteiger partial charge is 0.126 e. The van der Waals surface area contributed by atoms with Crippen molar-refractivity contribution in [2.45, 2.75) is 25.2 Å². The second-order valence-corrected chi connectivity index (χ2v) is 3.85. The van der Waals surface area contributed by atoms with E-state index in [2.05, 4.69) is 6.07 Å². The van der Waals surface area contributed by atoms with Crippen molar-refractivity contribution in [1.29, 1.82) is 5.26 Å². The van der Waals surface area contributed by atoms with Crippen LogP contribution in [-0.4, -0.2) is 7.11 Å². The monoisotopic (exact) mass is 187 g/mol. The maximum Gasteiger partial charge on any atom is 0.126 e. The molecule has 72 valence electrons. The summed E-state index contributed by atoms with van der Waals surface area (Å²) in [6.07, 6.45) is 1.92. The molecule has 1 aromatic rings. The summed E-state index contributed by atoms with van der Waals surface area (Å²) in [5.41, 5.74) is 1.91. The second-order valence-electron chi connectivity index (χ2n) is 3.85. The second kappa shape index (κ2) is 3.02. The fraction of sp³-hybridized carbons (Fsp3) is 0.417. The molecule has 0 radical (unpaired) electrons. The predicted molar refractivity (Wildman–Crippen MR) is 54.3 cm³/mol. The summed E-state index contributed by atoms with van der Waals surface area (Å²) in [5, 5.41) is 9.12. The fourth-order valence-corrected chi connectivity index (χ4v) is 1.87. The summed E-state index contributed by atoms with van der Waals surface area (Å²) < 4.78 is 5.35. The van der Waals surface area contributed by atoms with Crippen LogP contribution in [0.2, 0.25) is 0 Å². The first-order valence-electron chi connectivity index (χ1n) is 4.79. The number of benzene rings is 1. The summed E-state index contributed by atoms with van der Waals surface area (Å²) in [7, 11) is 1.67. The standard InChI is InChI=1S/C12H13NO/c1-9-4-3-5-10(11(9)14-2)12(8-13)6-7-12/h3-5H,6-7H2,1-2H3. The molecule has 14 heavy (non-hydrogen) atoms. The zero-order chi connectivity index (χ0) is 10.2. The number of hydrogen-bond donors (Lipinski definition) is 0. The lowest BCUT2D eigenvalue weighted by atomic mass is 9.95. The Balaban J connectivity index is 2.54. The zero-order valence-corrected chi connectivity index (χ0v) is 8.50. The zero-order valence-electron chi connectivity index (χ0n) is 8.50. The van der Waals surface area contributed by atoms with E-state index in [1.807, 2.05) is 25.1 Å². The SMILES string of the molecule is COc1c(C)cccc1C1(C#N)CC1.